The first-order chi connectivity index (χ1) is 15.4. The maximum absolute atomic E-state index is 13.8. The van der Waals surface area contributed by atoms with E-state index in [4.69, 9.17) is 9.47 Å². The molecule has 1 aliphatic heterocycles. The van der Waals surface area contributed by atoms with E-state index in [0.717, 1.165) is 23.3 Å². The van der Waals surface area contributed by atoms with Gasteiger partial charge in [0.15, 0.2) is 6.29 Å². The Morgan fingerprint density at radius 2 is 1.59 bits per heavy atom. The van der Waals surface area contributed by atoms with Gasteiger partial charge in [0.25, 0.3) is 0 Å². The lowest BCUT2D eigenvalue weighted by molar-refractivity contribution is -0.218. The summed E-state index contributed by atoms with van der Waals surface area (Å²) in [7, 11) is 0. The summed E-state index contributed by atoms with van der Waals surface area (Å²) in [6.07, 6.45) is -5.34. The zero-order chi connectivity index (χ0) is 22.6. The van der Waals surface area contributed by atoms with Gasteiger partial charge in [-0.3, -0.25) is 4.90 Å². The maximum atomic E-state index is 13.8. The Morgan fingerprint density at radius 1 is 0.906 bits per heavy atom. The standard InChI is InChI=1S/C25H23F4NO2/c26-22-14-19(13-21(15-22)25(27,28)29)17-32-24-23(20-9-5-2-6-10-20)30(11-12-31-24)16-18-7-3-1-4-8-18/h1-10,13-15,23-24H,11-12,16-17H2/t23-,24-/m0/s1. The molecule has 1 aliphatic rings. The van der Waals surface area contributed by atoms with Gasteiger partial charge in [-0.2, -0.15) is 13.2 Å². The van der Waals surface area contributed by atoms with Crippen LogP contribution in [-0.4, -0.2) is 24.3 Å². The first-order valence-electron chi connectivity index (χ1n) is 10.3. The molecule has 1 fully saturated rings. The first-order valence-corrected chi connectivity index (χ1v) is 10.3. The van der Waals surface area contributed by atoms with Crippen molar-refractivity contribution in [3.63, 3.8) is 0 Å². The van der Waals surface area contributed by atoms with Gasteiger partial charge in [0.2, 0.25) is 0 Å². The van der Waals surface area contributed by atoms with Crippen LogP contribution < -0.4 is 0 Å². The van der Waals surface area contributed by atoms with Crippen LogP contribution in [0.4, 0.5) is 17.6 Å². The number of alkyl halides is 3. The molecule has 168 valence electrons. The molecule has 3 aromatic carbocycles. The van der Waals surface area contributed by atoms with Gasteiger partial charge in [-0.15, -0.1) is 0 Å². The van der Waals surface area contributed by atoms with Gasteiger partial charge in [0.05, 0.1) is 24.8 Å². The van der Waals surface area contributed by atoms with Crippen molar-refractivity contribution in [2.24, 2.45) is 0 Å². The van der Waals surface area contributed by atoms with Crippen molar-refractivity contribution in [1.82, 2.24) is 4.90 Å². The van der Waals surface area contributed by atoms with Crippen LogP contribution in [0.15, 0.2) is 78.9 Å². The van der Waals surface area contributed by atoms with E-state index in [9.17, 15) is 17.6 Å². The van der Waals surface area contributed by atoms with E-state index in [1.165, 1.54) is 0 Å². The molecule has 0 aromatic heterocycles. The normalized spacial score (nSPS) is 19.8. The van der Waals surface area contributed by atoms with Crippen LogP contribution in [-0.2, 0) is 28.8 Å². The number of nitrogens with zero attached hydrogens (tertiary/aromatic N) is 1. The van der Waals surface area contributed by atoms with Crippen LogP contribution in [0.1, 0.15) is 28.3 Å². The fourth-order valence-electron chi connectivity index (χ4n) is 3.92. The van der Waals surface area contributed by atoms with Gasteiger partial charge in [0.1, 0.15) is 5.82 Å². The number of benzene rings is 3. The number of hydrogen-bond acceptors (Lipinski definition) is 3. The fourth-order valence-corrected chi connectivity index (χ4v) is 3.92. The summed E-state index contributed by atoms with van der Waals surface area (Å²) in [6, 6.07) is 21.9. The lowest BCUT2D eigenvalue weighted by atomic mass is 10.0. The zero-order valence-corrected chi connectivity index (χ0v) is 17.3. The Morgan fingerprint density at radius 3 is 2.28 bits per heavy atom. The highest BCUT2D eigenvalue weighted by Gasteiger charge is 2.35. The quantitative estimate of drug-likeness (QED) is 0.437. The Balaban J connectivity index is 1.56. The third-order valence-corrected chi connectivity index (χ3v) is 5.38. The van der Waals surface area contributed by atoms with E-state index in [2.05, 4.69) is 4.90 Å². The number of rotatable bonds is 6. The summed E-state index contributed by atoms with van der Waals surface area (Å²) in [4.78, 5) is 2.23. The van der Waals surface area contributed by atoms with E-state index in [0.29, 0.717) is 25.8 Å². The van der Waals surface area contributed by atoms with Crippen LogP contribution in [0.2, 0.25) is 0 Å². The number of hydrogen-bond donors (Lipinski definition) is 0. The van der Waals surface area contributed by atoms with E-state index >= 15 is 0 Å². The van der Waals surface area contributed by atoms with Crippen LogP contribution in [0.5, 0.6) is 0 Å². The first kappa shape index (κ1) is 22.5. The summed E-state index contributed by atoms with van der Waals surface area (Å²) in [5.41, 5.74) is 1.18. The van der Waals surface area contributed by atoms with Crippen molar-refractivity contribution in [3.8, 4) is 0 Å². The van der Waals surface area contributed by atoms with Crippen molar-refractivity contribution in [3.05, 3.63) is 107 Å². The molecule has 4 rings (SSSR count). The van der Waals surface area contributed by atoms with Gasteiger partial charge >= 0.3 is 6.18 Å². The average Bonchev–Trinajstić information content (AvgIpc) is 2.78. The van der Waals surface area contributed by atoms with Crippen molar-refractivity contribution < 1.29 is 27.0 Å². The van der Waals surface area contributed by atoms with Crippen LogP contribution in [0.3, 0.4) is 0 Å². The number of ether oxygens (including phenoxy) is 2. The Bertz CT molecular complexity index is 1010. The van der Waals surface area contributed by atoms with Crippen molar-refractivity contribution >= 4 is 0 Å². The molecule has 7 heteroatoms. The highest BCUT2D eigenvalue weighted by Crippen LogP contribution is 2.33. The van der Waals surface area contributed by atoms with E-state index in [1.807, 2.05) is 60.7 Å². The molecule has 2 atom stereocenters. The third kappa shape index (κ3) is 5.54. The minimum absolute atomic E-state index is 0.105. The van der Waals surface area contributed by atoms with E-state index < -0.39 is 23.8 Å². The molecule has 1 heterocycles. The number of halogens is 4. The molecule has 0 aliphatic carbocycles. The molecule has 0 radical (unpaired) electrons. The molecule has 0 saturated carbocycles. The predicted molar refractivity (Wildman–Crippen MR) is 112 cm³/mol. The topological polar surface area (TPSA) is 21.7 Å². The molecule has 0 amide bonds. The van der Waals surface area contributed by atoms with Gasteiger partial charge < -0.3 is 9.47 Å². The Hall–Kier alpha value is -2.74. The highest BCUT2D eigenvalue weighted by molar-refractivity contribution is 5.27. The Labute approximate surface area is 184 Å². The molecular weight excluding hydrogens is 422 g/mol. The molecule has 0 spiro atoms. The SMILES string of the molecule is Fc1cc(CO[C@@H]2OCCN(Cc3ccccc3)[C@H]2c2ccccc2)cc(C(F)(F)F)c1. The van der Waals surface area contributed by atoms with Crippen LogP contribution in [0.25, 0.3) is 0 Å². The van der Waals surface area contributed by atoms with E-state index in [1.54, 1.807) is 0 Å². The minimum atomic E-state index is -4.63. The van der Waals surface area contributed by atoms with Gasteiger partial charge in [-0.1, -0.05) is 60.7 Å². The van der Waals surface area contributed by atoms with Crippen LogP contribution >= 0.6 is 0 Å². The average molecular weight is 445 g/mol. The fraction of sp³-hybridized carbons (Fsp3) is 0.280. The summed E-state index contributed by atoms with van der Waals surface area (Å²) >= 11 is 0. The highest BCUT2D eigenvalue weighted by atomic mass is 19.4. The van der Waals surface area contributed by atoms with Crippen molar-refractivity contribution in [2.75, 3.05) is 13.2 Å². The lowest BCUT2D eigenvalue weighted by Gasteiger charge is -2.41. The summed E-state index contributed by atoms with van der Waals surface area (Å²) in [5, 5.41) is 0. The number of morpholine rings is 1. The molecule has 0 N–H and O–H groups in total. The van der Waals surface area contributed by atoms with Gasteiger partial charge in [-0.25, -0.2) is 4.39 Å². The summed E-state index contributed by atoms with van der Waals surface area (Å²) in [6.45, 7) is 1.56. The molecule has 1 saturated heterocycles. The maximum Gasteiger partial charge on any atom is 0.416 e. The third-order valence-electron chi connectivity index (χ3n) is 5.38. The predicted octanol–water partition coefficient (Wildman–Crippen LogP) is 5.96. The molecular formula is C25H23F4NO2. The largest absolute Gasteiger partial charge is 0.416 e. The molecule has 3 nitrogen and oxygen atoms in total. The molecule has 0 unspecified atom stereocenters. The molecule has 0 bridgehead atoms. The van der Waals surface area contributed by atoms with E-state index in [-0.39, 0.29) is 18.2 Å². The second-order valence-corrected chi connectivity index (χ2v) is 7.71. The lowest BCUT2D eigenvalue weighted by Crippen LogP contribution is -2.46. The van der Waals surface area contributed by atoms with Crippen molar-refractivity contribution in [2.45, 2.75) is 31.7 Å². The Kier molecular flexibility index (Phi) is 6.89. The van der Waals surface area contributed by atoms with Gasteiger partial charge in [-0.05, 0) is 34.9 Å². The minimum Gasteiger partial charge on any atom is -0.349 e. The van der Waals surface area contributed by atoms with Gasteiger partial charge in [0, 0.05) is 13.1 Å². The molecule has 32 heavy (non-hydrogen) atoms. The van der Waals surface area contributed by atoms with Crippen LogP contribution in [0, 0.1) is 5.82 Å². The second kappa shape index (κ2) is 9.81. The van der Waals surface area contributed by atoms with Crippen molar-refractivity contribution in [1.29, 1.82) is 0 Å². The summed E-state index contributed by atoms with van der Waals surface area (Å²) < 4.78 is 64.7. The monoisotopic (exact) mass is 445 g/mol. The molecule has 3 aromatic rings. The summed E-state index contributed by atoms with van der Waals surface area (Å²) in [5.74, 6) is -0.951. The smallest absolute Gasteiger partial charge is 0.349 e. The zero-order valence-electron chi connectivity index (χ0n) is 17.3. The second-order valence-electron chi connectivity index (χ2n) is 7.71.